The van der Waals surface area contributed by atoms with Crippen molar-refractivity contribution in [1.82, 2.24) is 4.90 Å². The van der Waals surface area contributed by atoms with Gasteiger partial charge < -0.3 is 10.2 Å². The second kappa shape index (κ2) is 9.09. The molecule has 0 saturated carbocycles. The summed E-state index contributed by atoms with van der Waals surface area (Å²) in [6.07, 6.45) is 3.84. The molecule has 1 aliphatic rings. The van der Waals surface area contributed by atoms with Crippen molar-refractivity contribution in [2.24, 2.45) is 5.92 Å². The van der Waals surface area contributed by atoms with Gasteiger partial charge in [-0.05, 0) is 55.4 Å². The molecule has 0 aromatic heterocycles. The predicted octanol–water partition coefficient (Wildman–Crippen LogP) is 4.93. The summed E-state index contributed by atoms with van der Waals surface area (Å²) >= 11 is 6.13. The summed E-state index contributed by atoms with van der Waals surface area (Å²) in [4.78, 5) is 14.5. The van der Waals surface area contributed by atoms with Crippen LogP contribution in [0.5, 0.6) is 0 Å². The van der Waals surface area contributed by atoms with Gasteiger partial charge in [0.05, 0.1) is 0 Å². The molecule has 0 bridgehead atoms. The third-order valence-corrected chi connectivity index (χ3v) is 5.67. The summed E-state index contributed by atoms with van der Waals surface area (Å²) in [6, 6.07) is 16.5. The zero-order chi connectivity index (χ0) is 18.4. The number of benzene rings is 2. The maximum absolute atomic E-state index is 12.5. The van der Waals surface area contributed by atoms with Crippen molar-refractivity contribution in [1.29, 1.82) is 0 Å². The molecule has 0 unspecified atom stereocenters. The first-order chi connectivity index (χ1) is 12.6. The molecule has 138 valence electrons. The van der Waals surface area contributed by atoms with Gasteiger partial charge in [-0.15, -0.1) is 0 Å². The van der Waals surface area contributed by atoms with Gasteiger partial charge in [0.2, 0.25) is 5.91 Å². The fraction of sp³-hybridized carbons (Fsp3) is 0.409. The van der Waals surface area contributed by atoms with Gasteiger partial charge in [-0.3, -0.25) is 4.79 Å². The molecule has 0 atom stereocenters. The van der Waals surface area contributed by atoms with Crippen LogP contribution >= 0.6 is 11.6 Å². The lowest BCUT2D eigenvalue weighted by Gasteiger charge is -2.32. The van der Waals surface area contributed by atoms with Crippen molar-refractivity contribution in [3.05, 3.63) is 64.7 Å². The monoisotopic (exact) mass is 370 g/mol. The molecule has 1 N–H and O–H groups in total. The second-order valence-electron chi connectivity index (χ2n) is 7.10. The van der Waals surface area contributed by atoms with E-state index in [9.17, 15) is 4.79 Å². The second-order valence-corrected chi connectivity index (χ2v) is 7.51. The molecule has 1 aliphatic heterocycles. The van der Waals surface area contributed by atoms with Crippen LogP contribution in [0.1, 0.15) is 30.4 Å². The van der Waals surface area contributed by atoms with Crippen LogP contribution < -0.4 is 5.32 Å². The van der Waals surface area contributed by atoms with Crippen LogP contribution in [0.2, 0.25) is 5.02 Å². The number of amides is 1. The molecule has 3 rings (SSSR count). The average molecular weight is 371 g/mol. The molecule has 0 spiro atoms. The number of rotatable bonds is 6. The number of carbonyl (C=O) groups is 1. The molecule has 3 nitrogen and oxygen atoms in total. The molecule has 2 aromatic rings. The fourth-order valence-electron chi connectivity index (χ4n) is 3.60. The minimum absolute atomic E-state index is 0.246. The first kappa shape index (κ1) is 18.8. The molecule has 0 radical (unpaired) electrons. The number of hydrogen-bond donors (Lipinski definition) is 1. The zero-order valence-corrected chi connectivity index (χ0v) is 16.1. The Hall–Kier alpha value is -2.00. The molecule has 1 saturated heterocycles. The van der Waals surface area contributed by atoms with Gasteiger partial charge in [-0.2, -0.15) is 0 Å². The van der Waals surface area contributed by atoms with E-state index in [1.54, 1.807) is 0 Å². The van der Waals surface area contributed by atoms with Crippen molar-refractivity contribution in [3.8, 4) is 0 Å². The zero-order valence-electron chi connectivity index (χ0n) is 15.4. The molecule has 1 heterocycles. The van der Waals surface area contributed by atoms with Crippen LogP contribution in [-0.2, 0) is 11.2 Å². The summed E-state index contributed by atoms with van der Waals surface area (Å²) < 4.78 is 0. The Morgan fingerprint density at radius 3 is 2.58 bits per heavy atom. The lowest BCUT2D eigenvalue weighted by molar-refractivity contribution is -0.132. The van der Waals surface area contributed by atoms with Gasteiger partial charge in [0.1, 0.15) is 0 Å². The number of likely N-dealkylation sites (tertiary alicyclic amines) is 1. The largest absolute Gasteiger partial charge is 0.384 e. The van der Waals surface area contributed by atoms with Crippen LogP contribution in [-0.4, -0.2) is 30.4 Å². The Morgan fingerprint density at radius 2 is 1.85 bits per heavy atom. The molecule has 0 aliphatic carbocycles. The number of anilines is 1. The standard InChI is InChI=1S/C22H27ClN2O/c1-17-20(23)8-5-9-21(17)24-13-10-22(26)25-14-11-19(12-15-25)16-18-6-3-2-4-7-18/h2-9,19,24H,10-16H2,1H3. The van der Waals surface area contributed by atoms with Gasteiger partial charge in [-0.25, -0.2) is 0 Å². The first-order valence-corrected chi connectivity index (χ1v) is 9.82. The predicted molar refractivity (Wildman–Crippen MR) is 109 cm³/mol. The van der Waals surface area contributed by atoms with E-state index in [4.69, 9.17) is 11.6 Å². The van der Waals surface area contributed by atoms with Crippen molar-refractivity contribution in [2.75, 3.05) is 25.0 Å². The van der Waals surface area contributed by atoms with Gasteiger partial charge in [0.25, 0.3) is 0 Å². The Bertz CT molecular complexity index is 724. The first-order valence-electron chi connectivity index (χ1n) is 9.44. The number of hydrogen-bond acceptors (Lipinski definition) is 2. The van der Waals surface area contributed by atoms with E-state index in [1.807, 2.05) is 30.0 Å². The summed E-state index contributed by atoms with van der Waals surface area (Å²) in [5.74, 6) is 0.934. The van der Waals surface area contributed by atoms with E-state index >= 15 is 0 Å². The van der Waals surface area contributed by atoms with Crippen molar-refractivity contribution < 1.29 is 4.79 Å². The molecule has 1 fully saturated rings. The van der Waals surface area contributed by atoms with Crippen molar-refractivity contribution >= 4 is 23.2 Å². The fourth-order valence-corrected chi connectivity index (χ4v) is 3.77. The Labute approximate surface area is 161 Å². The molecular formula is C22H27ClN2O. The summed E-state index contributed by atoms with van der Waals surface area (Å²) in [7, 11) is 0. The minimum atomic E-state index is 0.246. The van der Waals surface area contributed by atoms with Gasteiger partial charge in [0.15, 0.2) is 0 Å². The number of nitrogens with one attached hydrogen (secondary N) is 1. The number of nitrogens with zero attached hydrogens (tertiary/aromatic N) is 1. The molecular weight excluding hydrogens is 344 g/mol. The summed E-state index contributed by atoms with van der Waals surface area (Å²) in [5.41, 5.74) is 3.44. The third kappa shape index (κ3) is 5.01. The smallest absolute Gasteiger partial charge is 0.224 e. The Morgan fingerprint density at radius 1 is 1.12 bits per heavy atom. The molecule has 1 amide bonds. The van der Waals surface area contributed by atoms with Crippen LogP contribution in [0, 0.1) is 12.8 Å². The highest BCUT2D eigenvalue weighted by molar-refractivity contribution is 6.31. The Balaban J connectivity index is 1.40. The highest BCUT2D eigenvalue weighted by Crippen LogP contribution is 2.24. The summed E-state index contributed by atoms with van der Waals surface area (Å²) in [5, 5.41) is 4.08. The van der Waals surface area contributed by atoms with E-state index in [0.717, 1.165) is 48.6 Å². The highest BCUT2D eigenvalue weighted by atomic mass is 35.5. The number of piperidine rings is 1. The SMILES string of the molecule is Cc1c(Cl)cccc1NCCC(=O)N1CCC(Cc2ccccc2)CC1. The maximum atomic E-state index is 12.5. The van der Waals surface area contributed by atoms with Crippen LogP contribution in [0.4, 0.5) is 5.69 Å². The topological polar surface area (TPSA) is 32.3 Å². The van der Waals surface area contributed by atoms with E-state index in [-0.39, 0.29) is 5.91 Å². The highest BCUT2D eigenvalue weighted by Gasteiger charge is 2.22. The van der Waals surface area contributed by atoms with Crippen molar-refractivity contribution in [3.63, 3.8) is 0 Å². The average Bonchev–Trinajstić information content (AvgIpc) is 2.66. The number of halogens is 1. The third-order valence-electron chi connectivity index (χ3n) is 5.26. The lowest BCUT2D eigenvalue weighted by Crippen LogP contribution is -2.39. The summed E-state index contributed by atoms with van der Waals surface area (Å²) in [6.45, 7) is 4.40. The molecule has 4 heteroatoms. The number of carbonyl (C=O) groups excluding carboxylic acids is 1. The maximum Gasteiger partial charge on any atom is 0.224 e. The van der Waals surface area contributed by atoms with E-state index in [1.165, 1.54) is 5.56 Å². The van der Waals surface area contributed by atoms with Gasteiger partial charge in [-0.1, -0.05) is 48.0 Å². The van der Waals surface area contributed by atoms with Crippen molar-refractivity contribution in [2.45, 2.75) is 32.6 Å². The van der Waals surface area contributed by atoms with Gasteiger partial charge >= 0.3 is 0 Å². The Kier molecular flexibility index (Phi) is 6.56. The van der Waals surface area contributed by atoms with Crippen LogP contribution in [0.15, 0.2) is 48.5 Å². The van der Waals surface area contributed by atoms with Crippen LogP contribution in [0.3, 0.4) is 0 Å². The van der Waals surface area contributed by atoms with Gasteiger partial charge in [0, 0.05) is 36.8 Å². The van der Waals surface area contributed by atoms with E-state index in [0.29, 0.717) is 18.9 Å². The van der Waals surface area contributed by atoms with E-state index < -0.39 is 0 Å². The van der Waals surface area contributed by atoms with E-state index in [2.05, 4.69) is 35.6 Å². The minimum Gasteiger partial charge on any atom is -0.384 e. The molecule has 26 heavy (non-hydrogen) atoms. The quantitative estimate of drug-likeness (QED) is 0.781. The van der Waals surface area contributed by atoms with Crippen LogP contribution in [0.25, 0.3) is 0 Å². The lowest BCUT2D eigenvalue weighted by atomic mass is 9.90. The normalized spacial score (nSPS) is 15.1. The molecule has 2 aromatic carbocycles.